The molecule has 1 aromatic rings. The van der Waals surface area contributed by atoms with Gasteiger partial charge >= 0.3 is 5.97 Å². The van der Waals surface area contributed by atoms with Crippen LogP contribution in [0.3, 0.4) is 0 Å². The van der Waals surface area contributed by atoms with Crippen molar-refractivity contribution in [2.75, 3.05) is 6.61 Å². The van der Waals surface area contributed by atoms with Crippen LogP contribution < -0.4 is 9.46 Å². The molecule has 22 heavy (non-hydrogen) atoms. The van der Waals surface area contributed by atoms with Crippen molar-refractivity contribution in [3.63, 3.8) is 0 Å². The second-order valence-electron chi connectivity index (χ2n) is 5.31. The molecule has 8 heteroatoms. The fourth-order valence-corrected chi connectivity index (χ4v) is 4.48. The van der Waals surface area contributed by atoms with E-state index in [1.807, 2.05) is 13.0 Å². The summed E-state index contributed by atoms with van der Waals surface area (Å²) in [7, 11) is -3.99. The van der Waals surface area contributed by atoms with Gasteiger partial charge in [-0.3, -0.25) is 4.79 Å². The number of rotatable bonds is 6. The maximum absolute atomic E-state index is 12.6. The monoisotopic (exact) mass is 391 g/mol. The van der Waals surface area contributed by atoms with E-state index in [0.717, 1.165) is 5.56 Å². The summed E-state index contributed by atoms with van der Waals surface area (Å²) in [5, 5.41) is 9.27. The predicted octanol–water partition coefficient (Wildman–Crippen LogP) is 2.16. The Kier molecular flexibility index (Phi) is 5.14. The van der Waals surface area contributed by atoms with Crippen LogP contribution in [-0.2, 0) is 21.2 Å². The van der Waals surface area contributed by atoms with Crippen LogP contribution in [0, 0.1) is 5.92 Å². The van der Waals surface area contributed by atoms with E-state index < -0.39 is 22.0 Å². The van der Waals surface area contributed by atoms with Crippen LogP contribution in [0.2, 0.25) is 0 Å². The lowest BCUT2D eigenvalue weighted by Crippen LogP contribution is -2.44. The Morgan fingerprint density at radius 3 is 2.77 bits per heavy atom. The molecule has 0 spiro atoms. The number of fused-ring (bicyclic) bond motifs is 1. The van der Waals surface area contributed by atoms with Gasteiger partial charge in [-0.2, -0.15) is 4.72 Å². The summed E-state index contributed by atoms with van der Waals surface area (Å²) in [4.78, 5) is 11.3. The van der Waals surface area contributed by atoms with Gasteiger partial charge in [0.1, 0.15) is 16.7 Å². The Balaban J connectivity index is 2.41. The van der Waals surface area contributed by atoms with Gasteiger partial charge in [0.15, 0.2) is 0 Å². The van der Waals surface area contributed by atoms with Gasteiger partial charge in [-0.25, -0.2) is 8.42 Å². The fourth-order valence-electron chi connectivity index (χ4n) is 2.31. The van der Waals surface area contributed by atoms with Crippen LogP contribution in [0.15, 0.2) is 21.5 Å². The average Bonchev–Trinajstić information content (AvgIpc) is 2.90. The Bertz CT molecular complexity index is 689. The molecular formula is C14H18BrNO5S. The third kappa shape index (κ3) is 3.44. The highest BCUT2D eigenvalue weighted by Crippen LogP contribution is 2.36. The quantitative estimate of drug-likeness (QED) is 0.774. The molecule has 122 valence electrons. The molecule has 1 aromatic carbocycles. The number of benzene rings is 1. The number of carbonyl (C=O) groups is 1. The summed E-state index contributed by atoms with van der Waals surface area (Å²) in [5.41, 5.74) is 0.796. The molecule has 1 heterocycles. The first kappa shape index (κ1) is 17.2. The molecule has 2 atom stereocenters. The summed E-state index contributed by atoms with van der Waals surface area (Å²) in [6.07, 6.45) is 1.18. The van der Waals surface area contributed by atoms with Crippen LogP contribution >= 0.6 is 15.9 Å². The number of halogens is 1. The zero-order valence-electron chi connectivity index (χ0n) is 12.3. The van der Waals surface area contributed by atoms with Crippen LogP contribution in [0.25, 0.3) is 0 Å². The van der Waals surface area contributed by atoms with Crippen molar-refractivity contribution >= 4 is 31.9 Å². The van der Waals surface area contributed by atoms with E-state index in [0.29, 0.717) is 29.7 Å². The van der Waals surface area contributed by atoms with Crippen molar-refractivity contribution < 1.29 is 23.1 Å². The van der Waals surface area contributed by atoms with Gasteiger partial charge in [0, 0.05) is 16.5 Å². The third-order valence-electron chi connectivity index (χ3n) is 3.77. The first-order chi connectivity index (χ1) is 10.3. The molecule has 0 saturated heterocycles. The molecule has 2 N–H and O–H groups in total. The predicted molar refractivity (Wildman–Crippen MR) is 84.5 cm³/mol. The lowest BCUT2D eigenvalue weighted by atomic mass is 10.0. The first-order valence-corrected chi connectivity index (χ1v) is 9.24. The van der Waals surface area contributed by atoms with E-state index in [9.17, 15) is 18.3 Å². The number of hydrogen-bond acceptors (Lipinski definition) is 4. The van der Waals surface area contributed by atoms with Crippen LogP contribution in [0.5, 0.6) is 5.75 Å². The van der Waals surface area contributed by atoms with Crippen molar-refractivity contribution in [1.29, 1.82) is 0 Å². The number of sulfonamides is 1. The second-order valence-corrected chi connectivity index (χ2v) is 7.91. The summed E-state index contributed by atoms with van der Waals surface area (Å²) in [6, 6.07) is 2.07. The normalized spacial score (nSPS) is 16.7. The Hall–Kier alpha value is -1.12. The zero-order chi connectivity index (χ0) is 16.5. The second kappa shape index (κ2) is 6.55. The maximum atomic E-state index is 12.6. The summed E-state index contributed by atoms with van der Waals surface area (Å²) in [6.45, 7) is 3.93. The first-order valence-electron chi connectivity index (χ1n) is 6.96. The van der Waals surface area contributed by atoms with Crippen molar-refractivity contribution in [2.24, 2.45) is 5.92 Å². The lowest BCUT2D eigenvalue weighted by Gasteiger charge is -2.21. The molecule has 0 saturated carbocycles. The average molecular weight is 392 g/mol. The molecular weight excluding hydrogens is 374 g/mol. The van der Waals surface area contributed by atoms with E-state index in [1.54, 1.807) is 6.92 Å². The largest absolute Gasteiger partial charge is 0.492 e. The number of hydrogen-bond donors (Lipinski definition) is 2. The van der Waals surface area contributed by atoms with Gasteiger partial charge < -0.3 is 9.84 Å². The number of aliphatic carboxylic acids is 1. The van der Waals surface area contributed by atoms with Gasteiger partial charge in [0.05, 0.1) is 6.61 Å². The van der Waals surface area contributed by atoms with Gasteiger partial charge in [0.25, 0.3) is 0 Å². The number of carboxylic acid groups (broad SMARTS) is 1. The van der Waals surface area contributed by atoms with Crippen LogP contribution in [0.4, 0.5) is 0 Å². The summed E-state index contributed by atoms with van der Waals surface area (Å²) >= 11 is 3.28. The number of nitrogens with one attached hydrogen (secondary N) is 1. The summed E-state index contributed by atoms with van der Waals surface area (Å²) < 4.78 is 33.5. The molecule has 0 amide bonds. The van der Waals surface area contributed by atoms with E-state index in [-0.39, 0.29) is 10.8 Å². The van der Waals surface area contributed by atoms with E-state index in [1.165, 1.54) is 6.07 Å². The number of ether oxygens (including phenoxy) is 1. The molecule has 1 aliphatic rings. The van der Waals surface area contributed by atoms with Crippen LogP contribution in [0.1, 0.15) is 25.8 Å². The minimum Gasteiger partial charge on any atom is -0.492 e. The van der Waals surface area contributed by atoms with Gasteiger partial charge in [-0.15, -0.1) is 0 Å². The highest BCUT2D eigenvalue weighted by molar-refractivity contribution is 9.10. The fraction of sp³-hybridized carbons (Fsp3) is 0.500. The maximum Gasteiger partial charge on any atom is 0.322 e. The molecule has 0 aliphatic carbocycles. The molecule has 6 nitrogen and oxygen atoms in total. The smallest absolute Gasteiger partial charge is 0.322 e. The van der Waals surface area contributed by atoms with Gasteiger partial charge in [-0.05, 0) is 18.1 Å². The lowest BCUT2D eigenvalue weighted by molar-refractivity contribution is -0.140. The summed E-state index contributed by atoms with van der Waals surface area (Å²) in [5.74, 6) is -1.21. The molecule has 2 rings (SSSR count). The molecule has 0 aromatic heterocycles. The molecule has 0 unspecified atom stereocenters. The van der Waals surface area contributed by atoms with Gasteiger partial charge in [0.2, 0.25) is 10.0 Å². The third-order valence-corrected chi connectivity index (χ3v) is 5.67. The highest BCUT2D eigenvalue weighted by atomic mass is 79.9. The Labute approximate surface area is 138 Å². The van der Waals surface area contributed by atoms with Crippen molar-refractivity contribution in [1.82, 2.24) is 4.72 Å². The molecule has 0 radical (unpaired) electrons. The standard InChI is InChI=1S/C14H18BrNO5S/c1-3-8(2)12(14(17)18)16-22(19,20)11-7-10(15)6-9-4-5-21-13(9)11/h6-8,12,16H,3-5H2,1-2H3,(H,17,18)/t8-,12-/m0/s1. The Morgan fingerprint density at radius 1 is 1.50 bits per heavy atom. The van der Waals surface area contributed by atoms with E-state index in [4.69, 9.17) is 4.74 Å². The zero-order valence-corrected chi connectivity index (χ0v) is 14.7. The van der Waals surface area contributed by atoms with Crippen molar-refractivity contribution in [2.45, 2.75) is 37.6 Å². The highest BCUT2D eigenvalue weighted by Gasteiger charge is 2.33. The minimum atomic E-state index is -3.99. The molecule has 1 aliphatic heterocycles. The minimum absolute atomic E-state index is 0.0241. The Morgan fingerprint density at radius 2 is 2.18 bits per heavy atom. The molecule has 0 fully saturated rings. The van der Waals surface area contributed by atoms with Crippen molar-refractivity contribution in [3.05, 3.63) is 22.2 Å². The van der Waals surface area contributed by atoms with E-state index in [2.05, 4.69) is 20.7 Å². The topological polar surface area (TPSA) is 92.7 Å². The van der Waals surface area contributed by atoms with Crippen LogP contribution in [-0.4, -0.2) is 32.1 Å². The van der Waals surface area contributed by atoms with Gasteiger partial charge in [-0.1, -0.05) is 36.2 Å². The SMILES string of the molecule is CC[C@H](C)[C@H](NS(=O)(=O)c1cc(Br)cc2c1OCC2)C(=O)O. The van der Waals surface area contributed by atoms with Crippen molar-refractivity contribution in [3.8, 4) is 5.75 Å². The number of carboxylic acids is 1. The van der Waals surface area contributed by atoms with E-state index >= 15 is 0 Å². The molecule has 0 bridgehead atoms.